The molecule has 1 heterocycles. The third kappa shape index (κ3) is 3.04. The van der Waals surface area contributed by atoms with Gasteiger partial charge in [0, 0.05) is 24.0 Å². The van der Waals surface area contributed by atoms with E-state index in [0.29, 0.717) is 5.69 Å². The molecule has 0 fully saturated rings. The lowest BCUT2D eigenvalue weighted by Gasteiger charge is -2.27. The summed E-state index contributed by atoms with van der Waals surface area (Å²) in [5, 5.41) is 9.61. The minimum atomic E-state index is 0.160. The van der Waals surface area contributed by atoms with E-state index in [4.69, 9.17) is 16.9 Å². The molecule has 1 unspecified atom stereocenters. The number of aromatic nitrogens is 1. The summed E-state index contributed by atoms with van der Waals surface area (Å²) in [5.74, 6) is 0. The number of hydrogen-bond acceptors (Lipinski definition) is 3. The highest BCUT2D eigenvalue weighted by atomic mass is 35.5. The molecule has 0 saturated heterocycles. The van der Waals surface area contributed by atoms with E-state index in [2.05, 4.69) is 22.9 Å². The van der Waals surface area contributed by atoms with Gasteiger partial charge in [-0.2, -0.15) is 5.26 Å². The molecule has 0 aliphatic heterocycles. The van der Waals surface area contributed by atoms with Gasteiger partial charge in [-0.15, -0.1) is 0 Å². The lowest BCUT2D eigenvalue weighted by atomic mass is 10.1. The van der Waals surface area contributed by atoms with Crippen LogP contribution in [0.3, 0.4) is 0 Å². The number of nitriles is 1. The Kier molecular flexibility index (Phi) is 4.03. The van der Waals surface area contributed by atoms with Gasteiger partial charge in [0.25, 0.3) is 0 Å². The van der Waals surface area contributed by atoms with E-state index in [1.807, 2.05) is 37.4 Å². The lowest BCUT2D eigenvalue weighted by molar-refractivity contribution is 0.739. The second-order valence-corrected chi connectivity index (χ2v) is 4.79. The molecule has 4 heteroatoms. The molecular weight excluding hydrogens is 258 g/mol. The maximum Gasteiger partial charge on any atom is 0.142 e. The van der Waals surface area contributed by atoms with Crippen LogP contribution in [-0.4, -0.2) is 12.0 Å². The van der Waals surface area contributed by atoms with Crippen LogP contribution in [0.15, 0.2) is 42.6 Å². The van der Waals surface area contributed by atoms with Gasteiger partial charge in [0.1, 0.15) is 11.8 Å². The molecule has 96 valence electrons. The Bertz CT molecular complexity index is 619. The molecular formula is C15H14ClN3. The van der Waals surface area contributed by atoms with Crippen molar-refractivity contribution in [1.82, 2.24) is 4.98 Å². The Morgan fingerprint density at radius 2 is 2.11 bits per heavy atom. The van der Waals surface area contributed by atoms with Crippen molar-refractivity contribution in [2.24, 2.45) is 0 Å². The molecule has 0 saturated carbocycles. The van der Waals surface area contributed by atoms with Gasteiger partial charge in [0.15, 0.2) is 0 Å². The predicted molar refractivity (Wildman–Crippen MR) is 77.2 cm³/mol. The molecule has 1 aromatic heterocycles. The molecule has 1 atom stereocenters. The van der Waals surface area contributed by atoms with Gasteiger partial charge in [-0.1, -0.05) is 23.7 Å². The average molecular weight is 272 g/mol. The Labute approximate surface area is 118 Å². The quantitative estimate of drug-likeness (QED) is 0.852. The monoisotopic (exact) mass is 271 g/mol. The van der Waals surface area contributed by atoms with Crippen LogP contribution >= 0.6 is 11.6 Å². The first-order valence-corrected chi connectivity index (χ1v) is 6.34. The smallest absolute Gasteiger partial charge is 0.142 e. The highest BCUT2D eigenvalue weighted by Gasteiger charge is 2.13. The molecule has 0 radical (unpaired) electrons. The zero-order chi connectivity index (χ0) is 13.8. The fourth-order valence-electron chi connectivity index (χ4n) is 1.91. The Morgan fingerprint density at radius 3 is 2.79 bits per heavy atom. The fraction of sp³-hybridized carbons (Fsp3) is 0.200. The standard InChI is InChI=1S/C15H14ClN3/c1-11(12-4-3-5-13(16)8-12)19(2)15-6-7-18-14(9-15)10-17/h3-9,11H,1-2H3. The van der Waals surface area contributed by atoms with Gasteiger partial charge in [-0.3, -0.25) is 0 Å². The van der Waals surface area contributed by atoms with Crippen LogP contribution in [0.2, 0.25) is 5.02 Å². The van der Waals surface area contributed by atoms with Gasteiger partial charge in [0.05, 0.1) is 6.04 Å². The Balaban J connectivity index is 2.28. The van der Waals surface area contributed by atoms with Crippen LogP contribution in [-0.2, 0) is 0 Å². The SMILES string of the molecule is CC(c1cccc(Cl)c1)N(C)c1ccnc(C#N)c1. The first kappa shape index (κ1) is 13.4. The summed E-state index contributed by atoms with van der Waals surface area (Å²) in [7, 11) is 1.99. The van der Waals surface area contributed by atoms with E-state index in [1.165, 1.54) is 0 Å². The molecule has 0 spiro atoms. The fourth-order valence-corrected chi connectivity index (χ4v) is 2.11. The van der Waals surface area contributed by atoms with Crippen molar-refractivity contribution in [2.45, 2.75) is 13.0 Å². The number of anilines is 1. The first-order valence-electron chi connectivity index (χ1n) is 5.96. The average Bonchev–Trinajstić information content (AvgIpc) is 2.45. The van der Waals surface area contributed by atoms with Crippen molar-refractivity contribution in [3.05, 3.63) is 58.9 Å². The summed E-state index contributed by atoms with van der Waals surface area (Å²) < 4.78 is 0. The maximum absolute atomic E-state index is 8.89. The van der Waals surface area contributed by atoms with Crippen molar-refractivity contribution in [3.63, 3.8) is 0 Å². The number of benzene rings is 1. The van der Waals surface area contributed by atoms with Crippen LogP contribution in [0.1, 0.15) is 24.2 Å². The number of rotatable bonds is 3. The molecule has 2 aromatic rings. The highest BCUT2D eigenvalue weighted by molar-refractivity contribution is 6.30. The molecule has 0 bridgehead atoms. The number of hydrogen-bond donors (Lipinski definition) is 0. The molecule has 2 rings (SSSR count). The summed E-state index contributed by atoms with van der Waals surface area (Å²) >= 11 is 6.02. The van der Waals surface area contributed by atoms with E-state index in [0.717, 1.165) is 16.3 Å². The van der Waals surface area contributed by atoms with Gasteiger partial charge in [-0.25, -0.2) is 4.98 Å². The van der Waals surface area contributed by atoms with Crippen LogP contribution in [0.4, 0.5) is 5.69 Å². The summed E-state index contributed by atoms with van der Waals surface area (Å²) in [6.45, 7) is 2.10. The van der Waals surface area contributed by atoms with Gasteiger partial charge in [0.2, 0.25) is 0 Å². The van der Waals surface area contributed by atoms with Gasteiger partial charge in [-0.05, 0) is 36.8 Å². The highest BCUT2D eigenvalue weighted by Crippen LogP contribution is 2.26. The van der Waals surface area contributed by atoms with Crippen molar-refractivity contribution in [2.75, 3.05) is 11.9 Å². The maximum atomic E-state index is 8.89. The first-order chi connectivity index (χ1) is 9.11. The molecule has 1 aromatic carbocycles. The summed E-state index contributed by atoms with van der Waals surface area (Å²) in [6, 6.07) is 13.7. The Hall–Kier alpha value is -2.05. The number of halogens is 1. The molecule has 3 nitrogen and oxygen atoms in total. The van der Waals surface area contributed by atoms with E-state index in [1.54, 1.807) is 12.3 Å². The van der Waals surface area contributed by atoms with Crippen LogP contribution in [0, 0.1) is 11.3 Å². The topological polar surface area (TPSA) is 39.9 Å². The normalized spacial score (nSPS) is 11.7. The zero-order valence-corrected chi connectivity index (χ0v) is 11.6. The largest absolute Gasteiger partial charge is 0.368 e. The van der Waals surface area contributed by atoms with Crippen LogP contribution in [0.25, 0.3) is 0 Å². The second-order valence-electron chi connectivity index (χ2n) is 4.35. The zero-order valence-electron chi connectivity index (χ0n) is 10.8. The second kappa shape index (κ2) is 5.73. The summed E-state index contributed by atoms with van der Waals surface area (Å²) in [5.41, 5.74) is 2.51. The lowest BCUT2D eigenvalue weighted by Crippen LogP contribution is -2.21. The van der Waals surface area contributed by atoms with E-state index in [-0.39, 0.29) is 6.04 Å². The molecule has 0 N–H and O–H groups in total. The van der Waals surface area contributed by atoms with Gasteiger partial charge < -0.3 is 4.90 Å². The van der Waals surface area contributed by atoms with Crippen molar-refractivity contribution in [3.8, 4) is 6.07 Å². The molecule has 0 amide bonds. The molecule has 0 aliphatic carbocycles. The van der Waals surface area contributed by atoms with E-state index in [9.17, 15) is 0 Å². The van der Waals surface area contributed by atoms with E-state index >= 15 is 0 Å². The minimum absolute atomic E-state index is 0.160. The third-order valence-corrected chi connectivity index (χ3v) is 3.41. The van der Waals surface area contributed by atoms with Crippen molar-refractivity contribution in [1.29, 1.82) is 5.26 Å². The molecule has 19 heavy (non-hydrogen) atoms. The van der Waals surface area contributed by atoms with Crippen molar-refractivity contribution >= 4 is 17.3 Å². The predicted octanol–water partition coefficient (Wildman–Crippen LogP) is 3.80. The van der Waals surface area contributed by atoms with Crippen LogP contribution < -0.4 is 4.90 Å². The van der Waals surface area contributed by atoms with Crippen molar-refractivity contribution < 1.29 is 0 Å². The Morgan fingerprint density at radius 1 is 1.32 bits per heavy atom. The van der Waals surface area contributed by atoms with E-state index < -0.39 is 0 Å². The van der Waals surface area contributed by atoms with Crippen LogP contribution in [0.5, 0.6) is 0 Å². The molecule has 0 aliphatic rings. The van der Waals surface area contributed by atoms with Gasteiger partial charge >= 0.3 is 0 Å². The summed E-state index contributed by atoms with van der Waals surface area (Å²) in [4.78, 5) is 6.07. The minimum Gasteiger partial charge on any atom is -0.368 e. The number of nitrogens with zero attached hydrogens (tertiary/aromatic N) is 3. The summed E-state index contributed by atoms with van der Waals surface area (Å²) in [6.07, 6.45) is 1.65. The third-order valence-electron chi connectivity index (χ3n) is 3.18. The number of pyridine rings is 1.